The molecule has 0 saturated heterocycles. The summed E-state index contributed by atoms with van der Waals surface area (Å²) < 4.78 is 2.15. The number of amides is 1. The minimum absolute atomic E-state index is 0.124. The number of aromatic amines is 1. The van der Waals surface area contributed by atoms with E-state index in [0.29, 0.717) is 5.69 Å². The Bertz CT molecular complexity index is 909. The zero-order valence-corrected chi connectivity index (χ0v) is 15.1. The third kappa shape index (κ3) is 3.03. The number of carbonyl (C=O) groups is 1. The molecule has 1 aliphatic heterocycles. The Morgan fingerprint density at radius 1 is 1.15 bits per heavy atom. The molecule has 26 heavy (non-hydrogen) atoms. The Morgan fingerprint density at radius 2 is 1.96 bits per heavy atom. The van der Waals surface area contributed by atoms with Gasteiger partial charge in [-0.2, -0.15) is 0 Å². The van der Waals surface area contributed by atoms with Crippen molar-refractivity contribution in [3.05, 3.63) is 59.8 Å². The van der Waals surface area contributed by atoms with Crippen LogP contribution in [0.15, 0.2) is 42.5 Å². The standard InChI is InChI=1S/C20H23N5O/c1-13(2)18(19-24-23-17-9-6-12-25(17)19)22-20(26)16-11-10-15(21-16)14-7-4-3-5-8-14/h3-5,7-8,10-11,13,18,21H,6,9,12H2,1-2H3,(H,22,26)/t18-/m1/s1. The topological polar surface area (TPSA) is 75.6 Å². The number of fused-ring (bicyclic) bond motifs is 1. The Balaban J connectivity index is 1.55. The van der Waals surface area contributed by atoms with Gasteiger partial charge in [0.25, 0.3) is 5.91 Å². The summed E-state index contributed by atoms with van der Waals surface area (Å²) in [7, 11) is 0. The molecule has 1 atom stereocenters. The molecular weight excluding hydrogens is 326 g/mol. The lowest BCUT2D eigenvalue weighted by Gasteiger charge is -2.21. The van der Waals surface area contributed by atoms with Crippen LogP contribution in [0.1, 0.15) is 48.4 Å². The SMILES string of the molecule is CC(C)[C@@H](NC(=O)c1ccc(-c2ccccc2)[nH]1)c1nnc2n1CCC2. The van der Waals surface area contributed by atoms with Crippen LogP contribution in [-0.2, 0) is 13.0 Å². The number of carbonyl (C=O) groups excluding carboxylic acids is 1. The summed E-state index contributed by atoms with van der Waals surface area (Å²) in [5, 5.41) is 11.8. The molecule has 3 heterocycles. The summed E-state index contributed by atoms with van der Waals surface area (Å²) >= 11 is 0. The average molecular weight is 349 g/mol. The number of benzene rings is 1. The van der Waals surface area contributed by atoms with Crippen molar-refractivity contribution in [1.29, 1.82) is 0 Å². The van der Waals surface area contributed by atoms with Crippen LogP contribution in [0.5, 0.6) is 0 Å². The molecule has 0 radical (unpaired) electrons. The molecule has 0 saturated carbocycles. The lowest BCUT2D eigenvalue weighted by molar-refractivity contribution is 0.0917. The number of rotatable bonds is 5. The van der Waals surface area contributed by atoms with Crippen molar-refractivity contribution in [1.82, 2.24) is 25.1 Å². The van der Waals surface area contributed by atoms with Gasteiger partial charge in [-0.05, 0) is 30.0 Å². The average Bonchev–Trinajstić information content (AvgIpc) is 3.37. The fraction of sp³-hybridized carbons (Fsp3) is 0.350. The van der Waals surface area contributed by atoms with Crippen molar-refractivity contribution in [2.24, 2.45) is 5.92 Å². The maximum absolute atomic E-state index is 12.8. The van der Waals surface area contributed by atoms with E-state index in [1.54, 1.807) is 0 Å². The van der Waals surface area contributed by atoms with Crippen molar-refractivity contribution >= 4 is 5.91 Å². The number of aromatic nitrogens is 4. The largest absolute Gasteiger partial charge is 0.351 e. The van der Waals surface area contributed by atoms with Crippen LogP contribution in [0, 0.1) is 5.92 Å². The highest BCUT2D eigenvalue weighted by molar-refractivity contribution is 5.93. The molecular formula is C20H23N5O. The van der Waals surface area contributed by atoms with E-state index in [0.717, 1.165) is 42.3 Å². The van der Waals surface area contributed by atoms with Crippen LogP contribution >= 0.6 is 0 Å². The maximum Gasteiger partial charge on any atom is 0.268 e. The minimum atomic E-state index is -0.162. The van der Waals surface area contributed by atoms with E-state index < -0.39 is 0 Å². The second kappa shape index (κ2) is 6.78. The predicted molar refractivity (Wildman–Crippen MR) is 99.6 cm³/mol. The molecule has 1 aliphatic rings. The third-order valence-electron chi connectivity index (χ3n) is 4.88. The van der Waals surface area contributed by atoms with Crippen molar-refractivity contribution in [3.63, 3.8) is 0 Å². The lowest BCUT2D eigenvalue weighted by Crippen LogP contribution is -2.34. The molecule has 0 fully saturated rings. The van der Waals surface area contributed by atoms with Crippen LogP contribution in [0.4, 0.5) is 0 Å². The first kappa shape index (κ1) is 16.6. The molecule has 6 nitrogen and oxygen atoms in total. The Hall–Kier alpha value is -2.89. The first-order valence-electron chi connectivity index (χ1n) is 9.11. The quantitative estimate of drug-likeness (QED) is 0.742. The molecule has 1 amide bonds. The summed E-state index contributed by atoms with van der Waals surface area (Å²) in [5.74, 6) is 1.97. The summed E-state index contributed by atoms with van der Waals surface area (Å²) in [6, 6.07) is 13.6. The van der Waals surface area contributed by atoms with E-state index in [1.165, 1.54) is 0 Å². The summed E-state index contributed by atoms with van der Waals surface area (Å²) in [4.78, 5) is 16.0. The predicted octanol–water partition coefficient (Wildman–Crippen LogP) is 3.35. The number of nitrogens with one attached hydrogen (secondary N) is 2. The van der Waals surface area contributed by atoms with Gasteiger partial charge in [-0.25, -0.2) is 0 Å². The lowest BCUT2D eigenvalue weighted by atomic mass is 10.0. The Morgan fingerprint density at radius 3 is 2.73 bits per heavy atom. The fourth-order valence-corrected chi connectivity index (χ4v) is 3.47. The van der Waals surface area contributed by atoms with Crippen LogP contribution in [0.2, 0.25) is 0 Å². The summed E-state index contributed by atoms with van der Waals surface area (Å²) in [5.41, 5.74) is 2.54. The van der Waals surface area contributed by atoms with Crippen molar-refractivity contribution in [3.8, 4) is 11.3 Å². The van der Waals surface area contributed by atoms with Gasteiger partial charge in [-0.15, -0.1) is 10.2 Å². The minimum Gasteiger partial charge on any atom is -0.351 e. The number of aryl methyl sites for hydroxylation is 1. The van der Waals surface area contributed by atoms with Gasteiger partial charge in [0.2, 0.25) is 0 Å². The van der Waals surface area contributed by atoms with Crippen LogP contribution in [0.25, 0.3) is 11.3 Å². The van der Waals surface area contributed by atoms with Gasteiger partial charge in [0.15, 0.2) is 5.82 Å². The maximum atomic E-state index is 12.8. The molecule has 2 aromatic heterocycles. The van der Waals surface area contributed by atoms with Crippen molar-refractivity contribution in [2.45, 2.75) is 39.3 Å². The van der Waals surface area contributed by atoms with E-state index in [-0.39, 0.29) is 17.9 Å². The van der Waals surface area contributed by atoms with Crippen LogP contribution < -0.4 is 5.32 Å². The van der Waals surface area contributed by atoms with Gasteiger partial charge >= 0.3 is 0 Å². The molecule has 0 aliphatic carbocycles. The van der Waals surface area contributed by atoms with Crippen LogP contribution in [0.3, 0.4) is 0 Å². The summed E-state index contributed by atoms with van der Waals surface area (Å²) in [6.07, 6.45) is 2.05. The van der Waals surface area contributed by atoms with Gasteiger partial charge in [0, 0.05) is 18.7 Å². The fourth-order valence-electron chi connectivity index (χ4n) is 3.47. The van der Waals surface area contributed by atoms with Crippen molar-refractivity contribution < 1.29 is 4.79 Å². The second-order valence-corrected chi connectivity index (χ2v) is 7.08. The first-order chi connectivity index (χ1) is 12.6. The normalized spacial score (nSPS) is 14.4. The van der Waals surface area contributed by atoms with E-state index in [4.69, 9.17) is 0 Å². The number of hydrogen-bond donors (Lipinski definition) is 2. The van der Waals surface area contributed by atoms with Crippen molar-refractivity contribution in [2.75, 3.05) is 0 Å². The Labute approximate surface area is 152 Å². The zero-order chi connectivity index (χ0) is 18.1. The molecule has 1 aromatic carbocycles. The number of nitrogens with zero attached hydrogens (tertiary/aromatic N) is 3. The molecule has 3 aromatic rings. The molecule has 2 N–H and O–H groups in total. The molecule has 6 heteroatoms. The monoisotopic (exact) mass is 349 g/mol. The summed E-state index contributed by atoms with van der Waals surface area (Å²) in [6.45, 7) is 5.11. The molecule has 4 rings (SSSR count). The van der Waals surface area contributed by atoms with E-state index in [1.807, 2.05) is 42.5 Å². The van der Waals surface area contributed by atoms with E-state index in [2.05, 4.69) is 38.9 Å². The van der Waals surface area contributed by atoms with E-state index >= 15 is 0 Å². The first-order valence-corrected chi connectivity index (χ1v) is 9.11. The van der Waals surface area contributed by atoms with Gasteiger partial charge in [-0.1, -0.05) is 44.2 Å². The van der Waals surface area contributed by atoms with Gasteiger partial charge in [0.05, 0.1) is 6.04 Å². The third-order valence-corrected chi connectivity index (χ3v) is 4.88. The smallest absolute Gasteiger partial charge is 0.268 e. The number of hydrogen-bond acceptors (Lipinski definition) is 3. The molecule has 0 unspecified atom stereocenters. The number of H-pyrrole nitrogens is 1. The Kier molecular flexibility index (Phi) is 4.32. The van der Waals surface area contributed by atoms with E-state index in [9.17, 15) is 4.79 Å². The van der Waals surface area contributed by atoms with Gasteiger partial charge in [0.1, 0.15) is 11.5 Å². The van der Waals surface area contributed by atoms with Gasteiger partial charge < -0.3 is 14.9 Å². The highest BCUT2D eigenvalue weighted by Crippen LogP contribution is 2.25. The molecule has 134 valence electrons. The molecule has 0 bridgehead atoms. The zero-order valence-electron chi connectivity index (χ0n) is 15.1. The molecule has 0 spiro atoms. The highest BCUT2D eigenvalue weighted by Gasteiger charge is 2.28. The van der Waals surface area contributed by atoms with Crippen LogP contribution in [-0.4, -0.2) is 25.7 Å². The van der Waals surface area contributed by atoms with Gasteiger partial charge in [-0.3, -0.25) is 4.79 Å². The highest BCUT2D eigenvalue weighted by atomic mass is 16.2. The second-order valence-electron chi connectivity index (χ2n) is 7.08.